The lowest BCUT2D eigenvalue weighted by Gasteiger charge is -2.56. The lowest BCUT2D eigenvalue weighted by Crippen LogP contribution is -2.50. The summed E-state index contributed by atoms with van der Waals surface area (Å²) >= 11 is 1.91. The topological polar surface area (TPSA) is 92.5 Å². The summed E-state index contributed by atoms with van der Waals surface area (Å²) in [4.78, 5) is 41.8. The lowest BCUT2D eigenvalue weighted by molar-refractivity contribution is -0.384. The molecule has 1 saturated heterocycles. The molecule has 3 aromatic rings. The normalized spacial score (nSPS) is 29.1. The molecule has 2 aromatic heterocycles. The summed E-state index contributed by atoms with van der Waals surface area (Å²) in [7, 11) is 0. The van der Waals surface area contributed by atoms with Crippen LogP contribution in [-0.2, 0) is 18.3 Å². The molecule has 1 aromatic carbocycles. The largest absolute Gasteiger partial charge is 0.352 e. The Morgan fingerprint density at radius 2 is 1.68 bits per heavy atom. The number of nitro groups is 1. The number of hydrogen-bond donors (Lipinski definition) is 0. The highest BCUT2D eigenvalue weighted by molar-refractivity contribution is 7.19. The molecule has 0 unspecified atom stereocenters. The van der Waals surface area contributed by atoms with Gasteiger partial charge in [0.25, 0.3) is 11.6 Å². The molecule has 0 radical (unpaired) electrons. The van der Waals surface area contributed by atoms with Gasteiger partial charge in [-0.25, -0.2) is 9.97 Å². The fourth-order valence-electron chi connectivity index (χ4n) is 9.05. The number of non-ortho nitro benzene ring substituents is 1. The van der Waals surface area contributed by atoms with Gasteiger partial charge in [0.1, 0.15) is 16.5 Å². The van der Waals surface area contributed by atoms with Crippen LogP contribution in [0.25, 0.3) is 10.2 Å². The van der Waals surface area contributed by atoms with E-state index in [4.69, 9.17) is 9.97 Å². The summed E-state index contributed by atoms with van der Waals surface area (Å²) in [5.74, 6) is 4.58. The number of nitro benzene ring substituents is 1. The maximum absolute atomic E-state index is 13.3. The predicted molar refractivity (Wildman–Crippen MR) is 155 cm³/mol. The van der Waals surface area contributed by atoms with Crippen molar-refractivity contribution in [1.29, 1.82) is 0 Å². The zero-order valence-electron chi connectivity index (χ0n) is 22.8. The third-order valence-corrected chi connectivity index (χ3v) is 11.7. The average molecular weight is 558 g/mol. The zero-order valence-corrected chi connectivity index (χ0v) is 23.6. The number of piperazine rings is 1. The second kappa shape index (κ2) is 9.23. The second-order valence-corrected chi connectivity index (χ2v) is 14.1. The predicted octanol–water partition coefficient (Wildman–Crippen LogP) is 5.91. The number of amides is 1. The third kappa shape index (κ3) is 3.95. The van der Waals surface area contributed by atoms with Gasteiger partial charge in [-0.3, -0.25) is 14.9 Å². The van der Waals surface area contributed by atoms with E-state index in [0.717, 1.165) is 42.2 Å². The maximum Gasteiger partial charge on any atom is 0.270 e. The first-order chi connectivity index (χ1) is 19.5. The molecule has 9 heteroatoms. The molecule has 4 saturated carbocycles. The molecule has 208 valence electrons. The van der Waals surface area contributed by atoms with Crippen LogP contribution in [0.1, 0.15) is 78.0 Å². The molecule has 6 aliphatic rings. The summed E-state index contributed by atoms with van der Waals surface area (Å²) < 4.78 is 0. The van der Waals surface area contributed by atoms with Crippen LogP contribution >= 0.6 is 11.3 Å². The van der Waals surface area contributed by atoms with Crippen LogP contribution in [0.3, 0.4) is 0 Å². The average Bonchev–Trinajstić information content (AvgIpc) is 3.34. The number of aromatic nitrogens is 2. The molecular weight excluding hydrogens is 522 g/mol. The van der Waals surface area contributed by atoms with Crippen LogP contribution in [0.15, 0.2) is 24.3 Å². The van der Waals surface area contributed by atoms with E-state index in [1.807, 2.05) is 16.2 Å². The molecule has 5 fully saturated rings. The summed E-state index contributed by atoms with van der Waals surface area (Å²) in [5, 5.41) is 12.5. The van der Waals surface area contributed by atoms with Gasteiger partial charge < -0.3 is 9.80 Å². The number of aryl methyl sites for hydroxylation is 2. The number of nitrogens with zero attached hydrogens (tertiary/aromatic N) is 5. The number of rotatable bonds is 4. The quantitative estimate of drug-likeness (QED) is 0.293. The molecule has 5 aliphatic carbocycles. The molecule has 9 rings (SSSR count). The molecule has 0 N–H and O–H groups in total. The maximum atomic E-state index is 13.3. The minimum Gasteiger partial charge on any atom is -0.352 e. The first-order valence-electron chi connectivity index (χ1n) is 15.1. The van der Waals surface area contributed by atoms with Gasteiger partial charge >= 0.3 is 0 Å². The van der Waals surface area contributed by atoms with Gasteiger partial charge in [-0.15, -0.1) is 11.3 Å². The monoisotopic (exact) mass is 557 g/mol. The standard InChI is InChI=1S/C31H35N5O3S/c37-29(22-4-3-5-23(15-22)36(38)39)35-10-8-34(9-11-35)27-26-24-6-1-2-7-25(24)40-28(26)33-30(32-27)31-16-19-12-20(17-31)14-21(13-19)18-31/h3-5,15,19-21H,1-2,6-14,16-18H2. The van der Waals surface area contributed by atoms with Crippen molar-refractivity contribution in [2.75, 3.05) is 31.1 Å². The lowest BCUT2D eigenvalue weighted by atomic mass is 9.49. The molecular formula is C31H35N5O3S. The van der Waals surface area contributed by atoms with E-state index in [2.05, 4.69) is 4.90 Å². The summed E-state index contributed by atoms with van der Waals surface area (Å²) in [6.07, 6.45) is 12.7. The Kier molecular flexibility index (Phi) is 5.70. The first kappa shape index (κ1) is 24.7. The Morgan fingerprint density at radius 1 is 0.975 bits per heavy atom. The SMILES string of the molecule is O=C(c1cccc([N+](=O)[O-])c1)N1CCN(c2nc(C34CC5CC(CC(C5)C3)C4)nc3sc4c(c23)CCCC4)CC1. The van der Waals surface area contributed by atoms with E-state index >= 15 is 0 Å². The van der Waals surface area contributed by atoms with Crippen LogP contribution in [0.4, 0.5) is 11.5 Å². The van der Waals surface area contributed by atoms with Crippen molar-refractivity contribution in [1.82, 2.24) is 14.9 Å². The number of fused-ring (bicyclic) bond motifs is 3. The Labute approximate surface area is 237 Å². The van der Waals surface area contributed by atoms with Crippen molar-refractivity contribution < 1.29 is 9.72 Å². The van der Waals surface area contributed by atoms with Crippen molar-refractivity contribution in [3.8, 4) is 0 Å². The number of thiophene rings is 1. The van der Waals surface area contributed by atoms with Gasteiger partial charge in [-0.1, -0.05) is 6.07 Å². The summed E-state index contributed by atoms with van der Waals surface area (Å²) in [6.45, 7) is 2.56. The van der Waals surface area contributed by atoms with Crippen LogP contribution in [0.2, 0.25) is 0 Å². The fourth-order valence-corrected chi connectivity index (χ4v) is 10.3. The van der Waals surface area contributed by atoms with Crippen molar-refractivity contribution in [3.63, 3.8) is 0 Å². The van der Waals surface area contributed by atoms with Gasteiger partial charge in [0.15, 0.2) is 0 Å². The van der Waals surface area contributed by atoms with E-state index < -0.39 is 4.92 Å². The van der Waals surface area contributed by atoms with E-state index in [9.17, 15) is 14.9 Å². The fraction of sp³-hybridized carbons (Fsp3) is 0.581. The molecule has 3 heterocycles. The molecule has 0 spiro atoms. The van der Waals surface area contributed by atoms with Crippen LogP contribution in [0.5, 0.6) is 0 Å². The van der Waals surface area contributed by atoms with Gasteiger partial charge in [0.2, 0.25) is 0 Å². The molecule has 8 nitrogen and oxygen atoms in total. The van der Waals surface area contributed by atoms with E-state index in [1.54, 1.807) is 12.1 Å². The highest BCUT2D eigenvalue weighted by Gasteiger charge is 2.53. The molecule has 0 atom stereocenters. The zero-order chi connectivity index (χ0) is 27.0. The Bertz CT molecular complexity index is 1490. The van der Waals surface area contributed by atoms with Crippen molar-refractivity contribution >= 4 is 39.0 Å². The van der Waals surface area contributed by atoms with Crippen molar-refractivity contribution in [3.05, 3.63) is 56.2 Å². The van der Waals surface area contributed by atoms with Gasteiger partial charge in [-0.05, 0) is 93.6 Å². The summed E-state index contributed by atoms with van der Waals surface area (Å²) in [6, 6.07) is 6.08. The third-order valence-electron chi connectivity index (χ3n) is 10.5. The van der Waals surface area contributed by atoms with Crippen molar-refractivity contribution in [2.45, 2.75) is 69.6 Å². The molecule has 1 aliphatic heterocycles. The molecule has 40 heavy (non-hydrogen) atoms. The van der Waals surface area contributed by atoms with Crippen LogP contribution in [0, 0.1) is 27.9 Å². The number of anilines is 1. The number of carbonyl (C=O) groups is 1. The van der Waals surface area contributed by atoms with Crippen molar-refractivity contribution in [2.24, 2.45) is 17.8 Å². The van der Waals surface area contributed by atoms with Gasteiger partial charge in [0.05, 0.1) is 10.3 Å². The second-order valence-electron chi connectivity index (χ2n) is 13.0. The molecule has 1 amide bonds. The van der Waals surface area contributed by atoms with Crippen LogP contribution < -0.4 is 4.90 Å². The summed E-state index contributed by atoms with van der Waals surface area (Å²) in [5.41, 5.74) is 1.94. The highest BCUT2D eigenvalue weighted by atomic mass is 32.1. The van der Waals surface area contributed by atoms with E-state index in [-0.39, 0.29) is 17.0 Å². The molecule has 4 bridgehead atoms. The van der Waals surface area contributed by atoms with Gasteiger partial charge in [-0.2, -0.15) is 0 Å². The minimum atomic E-state index is -0.446. The number of benzene rings is 1. The van der Waals surface area contributed by atoms with E-state index in [0.29, 0.717) is 31.7 Å². The Hall–Kier alpha value is -3.07. The Morgan fingerprint density at radius 3 is 2.38 bits per heavy atom. The number of carbonyl (C=O) groups excluding carboxylic acids is 1. The minimum absolute atomic E-state index is 0.0488. The smallest absolute Gasteiger partial charge is 0.270 e. The van der Waals surface area contributed by atoms with Crippen LogP contribution in [-0.4, -0.2) is 51.9 Å². The van der Waals surface area contributed by atoms with Gasteiger partial charge in [0, 0.05) is 54.2 Å². The first-order valence-corrected chi connectivity index (χ1v) is 15.9. The number of hydrogen-bond acceptors (Lipinski definition) is 7. The Balaban J connectivity index is 1.12. The van der Waals surface area contributed by atoms with E-state index in [1.165, 1.54) is 84.2 Å². The highest BCUT2D eigenvalue weighted by Crippen LogP contribution is 2.60.